The number of hydrogen-bond donors (Lipinski definition) is 0. The van der Waals surface area contributed by atoms with E-state index in [-0.39, 0.29) is 18.3 Å². The van der Waals surface area contributed by atoms with Crippen LogP contribution in [0.3, 0.4) is 0 Å². The van der Waals surface area contributed by atoms with E-state index >= 15 is 0 Å². The van der Waals surface area contributed by atoms with Crippen molar-refractivity contribution in [2.24, 2.45) is 0 Å². The van der Waals surface area contributed by atoms with Gasteiger partial charge in [-0.25, -0.2) is 4.79 Å². The van der Waals surface area contributed by atoms with Crippen molar-refractivity contribution in [1.29, 1.82) is 0 Å². The smallest absolute Gasteiger partial charge is 0.345 e. The van der Waals surface area contributed by atoms with Gasteiger partial charge in [-0.2, -0.15) is 0 Å². The second kappa shape index (κ2) is 13.4. The summed E-state index contributed by atoms with van der Waals surface area (Å²) in [5.41, 5.74) is 0.824. The average molecular weight is 354 g/mol. The maximum atomic E-state index is 12.5. The van der Waals surface area contributed by atoms with Crippen LogP contribution in [0.4, 0.5) is 0 Å². The van der Waals surface area contributed by atoms with Crippen LogP contribution in [-0.4, -0.2) is 31.0 Å². The standard InChI is InChI=1S/C21H36NO.ClH/c1-4-5-6-7-8-9-10-11-12-16-19-22(2,3)21(23)20-17-14-13-15-18-20;/h13-15,17-18H,4-12,16,19H2,1-3H3;1H/q+1;/p-1. The number of halogens is 1. The van der Waals surface area contributed by atoms with Crippen molar-refractivity contribution in [2.75, 3.05) is 20.6 Å². The molecule has 0 aliphatic carbocycles. The molecule has 0 spiro atoms. The number of carbonyl (C=O) groups excluding carboxylic acids is 1. The number of unbranched alkanes of at least 4 members (excludes halogenated alkanes) is 9. The topological polar surface area (TPSA) is 17.1 Å². The van der Waals surface area contributed by atoms with Gasteiger partial charge in [0, 0.05) is 0 Å². The lowest BCUT2D eigenvalue weighted by Gasteiger charge is -2.26. The van der Waals surface area contributed by atoms with Crippen molar-refractivity contribution >= 4 is 5.91 Å². The van der Waals surface area contributed by atoms with Crippen molar-refractivity contribution in [3.8, 4) is 0 Å². The highest BCUT2D eigenvalue weighted by Crippen LogP contribution is 2.14. The highest BCUT2D eigenvalue weighted by atomic mass is 35.5. The van der Waals surface area contributed by atoms with E-state index in [4.69, 9.17) is 0 Å². The quantitative estimate of drug-likeness (QED) is 0.417. The van der Waals surface area contributed by atoms with Crippen LogP contribution >= 0.6 is 0 Å². The zero-order valence-corrected chi connectivity index (χ0v) is 16.7. The summed E-state index contributed by atoms with van der Waals surface area (Å²) in [5, 5.41) is 0. The van der Waals surface area contributed by atoms with Crippen LogP contribution in [-0.2, 0) is 0 Å². The first-order valence-corrected chi connectivity index (χ1v) is 9.51. The van der Waals surface area contributed by atoms with Gasteiger partial charge in [0.15, 0.2) is 0 Å². The summed E-state index contributed by atoms with van der Waals surface area (Å²) >= 11 is 0. The van der Waals surface area contributed by atoms with E-state index in [0.29, 0.717) is 4.48 Å². The fourth-order valence-corrected chi connectivity index (χ4v) is 3.03. The monoisotopic (exact) mass is 353 g/mol. The summed E-state index contributed by atoms with van der Waals surface area (Å²) in [6.07, 6.45) is 13.4. The highest BCUT2D eigenvalue weighted by Gasteiger charge is 2.26. The Hall–Kier alpha value is -0.860. The molecule has 0 saturated heterocycles. The lowest BCUT2D eigenvalue weighted by molar-refractivity contribution is -0.807. The predicted octanol–water partition coefficient (Wildman–Crippen LogP) is 2.83. The Morgan fingerprint density at radius 2 is 1.25 bits per heavy atom. The van der Waals surface area contributed by atoms with Gasteiger partial charge in [-0.1, -0.05) is 76.5 Å². The SMILES string of the molecule is CCCCCCCCCCCC[N+](C)(C)C(=O)c1ccccc1.[Cl-]. The molecule has 138 valence electrons. The summed E-state index contributed by atoms with van der Waals surface area (Å²) < 4.78 is 0.459. The minimum Gasteiger partial charge on any atom is -1.00 e. The van der Waals surface area contributed by atoms with E-state index in [0.717, 1.165) is 18.5 Å². The third kappa shape index (κ3) is 9.44. The van der Waals surface area contributed by atoms with E-state index in [1.807, 2.05) is 44.4 Å². The normalized spacial score (nSPS) is 11.1. The van der Waals surface area contributed by atoms with E-state index in [2.05, 4.69) is 6.92 Å². The van der Waals surface area contributed by atoms with Crippen LogP contribution in [0.2, 0.25) is 0 Å². The van der Waals surface area contributed by atoms with E-state index in [1.54, 1.807) is 0 Å². The molecule has 0 saturated carbocycles. The number of hydrogen-bond acceptors (Lipinski definition) is 1. The van der Waals surface area contributed by atoms with Crippen LogP contribution in [0, 0.1) is 0 Å². The molecule has 0 N–H and O–H groups in total. The van der Waals surface area contributed by atoms with E-state index in [9.17, 15) is 4.79 Å². The number of amides is 1. The van der Waals surface area contributed by atoms with Gasteiger partial charge in [0.05, 0.1) is 26.2 Å². The van der Waals surface area contributed by atoms with Gasteiger partial charge in [-0.05, 0) is 25.0 Å². The number of nitrogens with zero attached hydrogens (tertiary/aromatic N) is 1. The van der Waals surface area contributed by atoms with Gasteiger partial charge in [-0.15, -0.1) is 0 Å². The molecule has 0 fully saturated rings. The summed E-state index contributed by atoms with van der Waals surface area (Å²) in [4.78, 5) is 12.5. The van der Waals surface area contributed by atoms with Crippen LogP contribution in [0.25, 0.3) is 0 Å². The molecule has 0 aliphatic rings. The average Bonchev–Trinajstić information content (AvgIpc) is 2.56. The molecule has 0 aliphatic heterocycles. The zero-order valence-electron chi connectivity index (χ0n) is 15.9. The molecule has 1 aromatic rings. The summed E-state index contributed by atoms with van der Waals surface area (Å²) in [6.45, 7) is 3.20. The van der Waals surface area contributed by atoms with Gasteiger partial charge >= 0.3 is 5.91 Å². The third-order valence-corrected chi connectivity index (χ3v) is 4.64. The lowest BCUT2D eigenvalue weighted by Crippen LogP contribution is -3.00. The Kier molecular flexibility index (Phi) is 13.0. The molecule has 0 bridgehead atoms. The second-order valence-electron chi connectivity index (χ2n) is 7.26. The Morgan fingerprint density at radius 3 is 1.75 bits per heavy atom. The summed E-state index contributed by atoms with van der Waals surface area (Å²) in [7, 11) is 4.06. The second-order valence-corrected chi connectivity index (χ2v) is 7.26. The van der Waals surface area contributed by atoms with Crippen molar-refractivity contribution in [2.45, 2.75) is 71.1 Å². The van der Waals surface area contributed by atoms with Gasteiger partial charge < -0.3 is 12.4 Å². The van der Waals surface area contributed by atoms with Crippen LogP contribution in [0.1, 0.15) is 81.5 Å². The van der Waals surface area contributed by atoms with Gasteiger partial charge in [0.2, 0.25) is 0 Å². The fourth-order valence-electron chi connectivity index (χ4n) is 3.03. The predicted molar refractivity (Wildman–Crippen MR) is 99.6 cm³/mol. The van der Waals surface area contributed by atoms with Crippen LogP contribution < -0.4 is 12.4 Å². The molecule has 2 nitrogen and oxygen atoms in total. The maximum Gasteiger partial charge on any atom is 0.345 e. The molecule has 0 radical (unpaired) electrons. The number of quaternary nitrogens is 1. The molecule has 24 heavy (non-hydrogen) atoms. The van der Waals surface area contributed by atoms with E-state index < -0.39 is 0 Å². The van der Waals surface area contributed by atoms with Crippen molar-refractivity contribution < 1.29 is 21.7 Å². The van der Waals surface area contributed by atoms with E-state index in [1.165, 1.54) is 57.8 Å². The highest BCUT2D eigenvalue weighted by molar-refractivity contribution is 5.88. The number of benzene rings is 1. The molecule has 1 aromatic carbocycles. The van der Waals surface area contributed by atoms with Gasteiger partial charge in [0.1, 0.15) is 0 Å². The Balaban J connectivity index is 0.00000529. The fraction of sp³-hybridized carbons (Fsp3) is 0.667. The van der Waals surface area contributed by atoms with Crippen molar-refractivity contribution in [3.05, 3.63) is 35.9 Å². The zero-order chi connectivity index (χ0) is 17.0. The molecule has 1 rings (SSSR count). The molecular formula is C21H36ClNO. The van der Waals surface area contributed by atoms with Crippen molar-refractivity contribution in [3.63, 3.8) is 0 Å². The first-order chi connectivity index (χ1) is 11.1. The first kappa shape index (κ1) is 23.1. The number of rotatable bonds is 12. The van der Waals surface area contributed by atoms with Crippen LogP contribution in [0.5, 0.6) is 0 Å². The lowest BCUT2D eigenvalue weighted by atomic mass is 10.1. The summed E-state index contributed by atoms with van der Waals surface area (Å²) in [5.74, 6) is 0.224. The largest absolute Gasteiger partial charge is 1.00 e. The summed E-state index contributed by atoms with van der Waals surface area (Å²) in [6, 6.07) is 9.67. The minimum absolute atomic E-state index is 0. The molecule has 0 heterocycles. The Morgan fingerprint density at radius 1 is 0.792 bits per heavy atom. The molecule has 0 aromatic heterocycles. The number of carbonyl (C=O) groups is 1. The molecule has 1 amide bonds. The Labute approximate surface area is 155 Å². The minimum atomic E-state index is 0. The molecular weight excluding hydrogens is 318 g/mol. The van der Waals surface area contributed by atoms with Crippen molar-refractivity contribution in [1.82, 2.24) is 0 Å². The third-order valence-electron chi connectivity index (χ3n) is 4.64. The first-order valence-electron chi connectivity index (χ1n) is 9.51. The Bertz CT molecular complexity index is 431. The van der Waals surface area contributed by atoms with Gasteiger partial charge in [0.25, 0.3) is 0 Å². The van der Waals surface area contributed by atoms with Gasteiger partial charge in [-0.3, -0.25) is 4.48 Å². The molecule has 0 unspecified atom stereocenters. The molecule has 0 atom stereocenters. The maximum absolute atomic E-state index is 12.5. The molecule has 3 heteroatoms. The van der Waals surface area contributed by atoms with Crippen LogP contribution in [0.15, 0.2) is 30.3 Å².